The third-order valence-electron chi connectivity index (χ3n) is 5.30. The maximum Gasteiger partial charge on any atom is 0.418 e. The summed E-state index contributed by atoms with van der Waals surface area (Å²) in [5.41, 5.74) is -0.147. The Morgan fingerprint density at radius 2 is 1.83 bits per heavy atom. The van der Waals surface area contributed by atoms with Crippen LogP contribution in [0.4, 0.5) is 23.7 Å². The largest absolute Gasteiger partial charge is 0.418 e. The third kappa shape index (κ3) is 5.76. The molecule has 1 saturated heterocycles. The number of halogens is 3. The summed E-state index contributed by atoms with van der Waals surface area (Å²) in [6.07, 6.45) is 0.861. The molecular weight excluding hydrogens is 381 g/mol. The number of hydrogen-bond acceptors (Lipinski definition) is 2. The fraction of sp³-hybridized carbons (Fsp3) is 0.476. The van der Waals surface area contributed by atoms with Crippen LogP contribution in [0.25, 0.3) is 0 Å². The highest BCUT2D eigenvalue weighted by Crippen LogP contribution is 2.34. The lowest BCUT2D eigenvalue weighted by Gasteiger charge is -2.30. The molecular formula is C21H27F3N4O. The molecule has 2 amide bonds. The van der Waals surface area contributed by atoms with Crippen LogP contribution in [-0.4, -0.2) is 46.6 Å². The average molecular weight is 408 g/mol. The highest BCUT2D eigenvalue weighted by Gasteiger charge is 2.34. The molecule has 5 nitrogen and oxygen atoms in total. The van der Waals surface area contributed by atoms with E-state index in [9.17, 15) is 18.0 Å². The van der Waals surface area contributed by atoms with Gasteiger partial charge in [-0.2, -0.15) is 13.2 Å². The number of aromatic nitrogens is 1. The summed E-state index contributed by atoms with van der Waals surface area (Å²) >= 11 is 0. The lowest BCUT2D eigenvalue weighted by Crippen LogP contribution is -2.42. The summed E-state index contributed by atoms with van der Waals surface area (Å²) < 4.78 is 41.7. The van der Waals surface area contributed by atoms with Crippen LogP contribution in [0.5, 0.6) is 0 Å². The molecule has 0 unspecified atom stereocenters. The molecule has 1 aliphatic rings. The van der Waals surface area contributed by atoms with Crippen molar-refractivity contribution in [3.63, 3.8) is 0 Å². The van der Waals surface area contributed by atoms with E-state index in [1.54, 1.807) is 4.90 Å². The summed E-state index contributed by atoms with van der Waals surface area (Å²) in [4.78, 5) is 16.8. The van der Waals surface area contributed by atoms with Gasteiger partial charge in [-0.1, -0.05) is 18.6 Å². The van der Waals surface area contributed by atoms with Gasteiger partial charge in [0.2, 0.25) is 0 Å². The van der Waals surface area contributed by atoms with E-state index >= 15 is 0 Å². The molecule has 1 N–H and O–H groups in total. The number of para-hydroxylation sites is 1. The van der Waals surface area contributed by atoms with Gasteiger partial charge < -0.3 is 19.7 Å². The highest BCUT2D eigenvalue weighted by molar-refractivity contribution is 5.90. The molecule has 3 rings (SSSR count). The summed E-state index contributed by atoms with van der Waals surface area (Å²) in [6, 6.07) is 8.33. The number of anilines is 1. The number of benzene rings is 1. The van der Waals surface area contributed by atoms with Crippen molar-refractivity contribution >= 4 is 11.7 Å². The Labute approximate surface area is 169 Å². The molecule has 158 valence electrons. The number of alkyl halides is 3. The number of hydrogen-bond donors (Lipinski definition) is 1. The molecule has 1 aromatic carbocycles. The second-order valence-corrected chi connectivity index (χ2v) is 7.41. The van der Waals surface area contributed by atoms with Gasteiger partial charge in [-0.25, -0.2) is 4.79 Å². The van der Waals surface area contributed by atoms with Crippen LogP contribution >= 0.6 is 0 Å². The number of carbonyl (C=O) groups excluding carboxylic acids is 1. The fourth-order valence-electron chi connectivity index (χ4n) is 3.59. The summed E-state index contributed by atoms with van der Waals surface area (Å²) in [7, 11) is 1.88. The van der Waals surface area contributed by atoms with Gasteiger partial charge in [-0.05, 0) is 50.2 Å². The van der Waals surface area contributed by atoms with Gasteiger partial charge in [0.25, 0.3) is 0 Å². The lowest BCUT2D eigenvalue weighted by atomic mass is 10.1. The monoisotopic (exact) mass is 408 g/mol. The topological polar surface area (TPSA) is 40.5 Å². The van der Waals surface area contributed by atoms with E-state index in [2.05, 4.69) is 10.2 Å². The number of aryl methyl sites for hydroxylation is 1. The standard InChI is InChI=1S/C21H27F3N4O/c1-26-11-7-8-17(26)16-28(15-14-27-12-5-2-6-13-27)20(29)25-19-10-4-3-9-18(19)21(22,23)24/h3-4,7-11H,2,5-6,12-16H2,1H3,(H,25,29). The number of amides is 2. The van der Waals surface area contributed by atoms with Gasteiger partial charge in [0.15, 0.2) is 0 Å². The molecule has 0 aliphatic carbocycles. The van der Waals surface area contributed by atoms with Crippen molar-refractivity contribution < 1.29 is 18.0 Å². The number of likely N-dealkylation sites (tertiary alicyclic amines) is 1. The Kier molecular flexibility index (Phi) is 6.84. The van der Waals surface area contributed by atoms with Crippen LogP contribution in [0, 0.1) is 0 Å². The predicted octanol–water partition coefficient (Wildman–Crippen LogP) is 4.56. The zero-order valence-corrected chi connectivity index (χ0v) is 16.6. The summed E-state index contributed by atoms with van der Waals surface area (Å²) in [5, 5.41) is 2.48. The van der Waals surface area contributed by atoms with Gasteiger partial charge in [-0.15, -0.1) is 0 Å². The molecule has 0 radical (unpaired) electrons. The smallest absolute Gasteiger partial charge is 0.353 e. The minimum absolute atomic E-state index is 0.222. The van der Waals surface area contributed by atoms with E-state index in [1.165, 1.54) is 24.6 Å². The lowest BCUT2D eigenvalue weighted by molar-refractivity contribution is -0.136. The Morgan fingerprint density at radius 1 is 1.10 bits per heavy atom. The van der Waals surface area contributed by atoms with Gasteiger partial charge in [-0.3, -0.25) is 0 Å². The summed E-state index contributed by atoms with van der Waals surface area (Å²) in [6.45, 7) is 3.48. The van der Waals surface area contributed by atoms with Gasteiger partial charge in [0.1, 0.15) is 0 Å². The Balaban J connectivity index is 1.74. The van der Waals surface area contributed by atoms with E-state index in [0.717, 1.165) is 37.7 Å². The molecule has 29 heavy (non-hydrogen) atoms. The first kappa shape index (κ1) is 21.2. The average Bonchev–Trinajstić information content (AvgIpc) is 3.10. The third-order valence-corrected chi connectivity index (χ3v) is 5.30. The van der Waals surface area contributed by atoms with E-state index < -0.39 is 17.8 Å². The molecule has 1 aromatic heterocycles. The van der Waals surface area contributed by atoms with Gasteiger partial charge >= 0.3 is 12.2 Å². The van der Waals surface area contributed by atoms with Crippen molar-refractivity contribution in [3.05, 3.63) is 53.9 Å². The minimum Gasteiger partial charge on any atom is -0.353 e. The molecule has 1 fully saturated rings. The SMILES string of the molecule is Cn1cccc1CN(CCN1CCCCC1)C(=O)Nc1ccccc1C(F)(F)F. The van der Waals surface area contributed by atoms with Gasteiger partial charge in [0.05, 0.1) is 17.8 Å². The highest BCUT2D eigenvalue weighted by atomic mass is 19.4. The molecule has 0 atom stereocenters. The molecule has 2 aromatic rings. The number of nitrogens with zero attached hydrogens (tertiary/aromatic N) is 3. The quantitative estimate of drug-likeness (QED) is 0.761. The van der Waals surface area contributed by atoms with E-state index in [4.69, 9.17) is 0 Å². The van der Waals surface area contributed by atoms with E-state index in [1.807, 2.05) is 29.9 Å². The predicted molar refractivity (Wildman–Crippen MR) is 107 cm³/mol. The normalized spacial score (nSPS) is 15.3. The maximum atomic E-state index is 13.3. The van der Waals surface area contributed by atoms with Crippen LogP contribution in [0.1, 0.15) is 30.5 Å². The molecule has 2 heterocycles. The second kappa shape index (κ2) is 9.35. The zero-order valence-electron chi connectivity index (χ0n) is 16.6. The minimum atomic E-state index is -4.53. The maximum absolute atomic E-state index is 13.3. The van der Waals surface area contributed by atoms with Crippen LogP contribution in [0.3, 0.4) is 0 Å². The Morgan fingerprint density at radius 3 is 2.48 bits per heavy atom. The number of piperidine rings is 1. The first-order valence-electron chi connectivity index (χ1n) is 9.89. The number of urea groups is 1. The molecule has 0 bridgehead atoms. The summed E-state index contributed by atoms with van der Waals surface area (Å²) in [5.74, 6) is 0. The van der Waals surface area contributed by atoms with Crippen molar-refractivity contribution in [1.82, 2.24) is 14.4 Å². The zero-order chi connectivity index (χ0) is 20.9. The van der Waals surface area contributed by atoms with Crippen molar-refractivity contribution in [3.8, 4) is 0 Å². The van der Waals surface area contributed by atoms with Crippen LogP contribution in [0.2, 0.25) is 0 Å². The van der Waals surface area contributed by atoms with Crippen molar-refractivity contribution in [2.45, 2.75) is 32.0 Å². The molecule has 8 heteroatoms. The van der Waals surface area contributed by atoms with Crippen LogP contribution in [-0.2, 0) is 19.8 Å². The number of nitrogens with one attached hydrogen (secondary N) is 1. The molecule has 0 saturated carbocycles. The Hall–Kier alpha value is -2.48. The molecule has 0 spiro atoms. The number of rotatable bonds is 6. The van der Waals surface area contributed by atoms with E-state index in [0.29, 0.717) is 19.6 Å². The van der Waals surface area contributed by atoms with E-state index in [-0.39, 0.29) is 5.69 Å². The van der Waals surface area contributed by atoms with Crippen LogP contribution < -0.4 is 5.32 Å². The van der Waals surface area contributed by atoms with Crippen LogP contribution in [0.15, 0.2) is 42.6 Å². The second-order valence-electron chi connectivity index (χ2n) is 7.41. The fourth-order valence-corrected chi connectivity index (χ4v) is 3.59. The first-order valence-corrected chi connectivity index (χ1v) is 9.89. The van der Waals surface area contributed by atoms with Gasteiger partial charge in [0, 0.05) is 32.0 Å². The first-order chi connectivity index (χ1) is 13.8. The van der Waals surface area contributed by atoms with Crippen molar-refractivity contribution in [1.29, 1.82) is 0 Å². The molecule has 1 aliphatic heterocycles. The Bertz CT molecular complexity index is 812. The van der Waals surface area contributed by atoms with Crippen molar-refractivity contribution in [2.75, 3.05) is 31.5 Å². The van der Waals surface area contributed by atoms with Crippen molar-refractivity contribution in [2.24, 2.45) is 7.05 Å². The number of carbonyl (C=O) groups is 1.